The first-order valence-electron chi connectivity index (χ1n) is 5.99. The second-order valence-corrected chi connectivity index (χ2v) is 5.43. The quantitative estimate of drug-likeness (QED) is 0.683. The fraction of sp³-hybridized carbons (Fsp3) is 0.462. The van der Waals surface area contributed by atoms with E-state index < -0.39 is 11.8 Å². The van der Waals surface area contributed by atoms with Gasteiger partial charge >= 0.3 is 5.97 Å². The van der Waals surface area contributed by atoms with Crippen LogP contribution in [-0.4, -0.2) is 12.6 Å². The fourth-order valence-electron chi connectivity index (χ4n) is 1.90. The summed E-state index contributed by atoms with van der Waals surface area (Å²) >= 11 is 3.13. The van der Waals surface area contributed by atoms with Crippen molar-refractivity contribution in [2.45, 2.75) is 25.7 Å². The van der Waals surface area contributed by atoms with E-state index in [1.807, 2.05) is 0 Å². The van der Waals surface area contributed by atoms with E-state index in [1.54, 1.807) is 0 Å². The van der Waals surface area contributed by atoms with Gasteiger partial charge in [0.25, 0.3) is 0 Å². The Kier molecular flexibility index (Phi) is 4.22. The number of hydrogen-bond acceptors (Lipinski definition) is 3. The number of carbonyl (C=O) groups is 1. The predicted octanol–water partition coefficient (Wildman–Crippen LogP) is 3.52. The molecule has 1 aromatic rings. The average Bonchev–Trinajstić information content (AvgIpc) is 2.26. The molecule has 5 heteroatoms. The minimum atomic E-state index is -0.548. The molecule has 0 radical (unpaired) electrons. The first-order valence-corrected chi connectivity index (χ1v) is 6.79. The van der Waals surface area contributed by atoms with Gasteiger partial charge < -0.3 is 10.5 Å². The Morgan fingerprint density at radius 2 is 2.22 bits per heavy atom. The first-order chi connectivity index (χ1) is 8.58. The Balaban J connectivity index is 1.93. The molecule has 1 saturated carbocycles. The van der Waals surface area contributed by atoms with Crippen LogP contribution in [0.3, 0.4) is 0 Å². The molecule has 0 saturated heterocycles. The average molecular weight is 316 g/mol. The SMILES string of the molecule is Nc1cc(C(=O)OCCC2CCC2)c(Br)cc1F. The standard InChI is InChI=1S/C13H15BrFNO2/c14-10-7-11(15)12(16)6-9(10)13(17)18-5-4-8-2-1-3-8/h6-8H,1-5,16H2. The van der Waals surface area contributed by atoms with Crippen LogP contribution in [0.2, 0.25) is 0 Å². The van der Waals surface area contributed by atoms with Gasteiger partial charge in [0.1, 0.15) is 5.82 Å². The van der Waals surface area contributed by atoms with Gasteiger partial charge in [-0.25, -0.2) is 9.18 Å². The number of halogens is 2. The molecular weight excluding hydrogens is 301 g/mol. The fourth-order valence-corrected chi connectivity index (χ4v) is 2.38. The molecule has 0 heterocycles. The summed E-state index contributed by atoms with van der Waals surface area (Å²) in [6, 6.07) is 2.48. The summed E-state index contributed by atoms with van der Waals surface area (Å²) in [5, 5.41) is 0. The molecule has 98 valence electrons. The summed E-state index contributed by atoms with van der Waals surface area (Å²) in [6.07, 6.45) is 4.63. The van der Waals surface area contributed by atoms with Crippen LogP contribution in [0.15, 0.2) is 16.6 Å². The van der Waals surface area contributed by atoms with Crippen LogP contribution in [0, 0.1) is 11.7 Å². The second-order valence-electron chi connectivity index (χ2n) is 4.58. The molecule has 2 N–H and O–H groups in total. The Hall–Kier alpha value is -1.10. The number of benzene rings is 1. The molecule has 0 atom stereocenters. The smallest absolute Gasteiger partial charge is 0.339 e. The van der Waals surface area contributed by atoms with Gasteiger partial charge in [0, 0.05) is 4.47 Å². The van der Waals surface area contributed by atoms with E-state index in [2.05, 4.69) is 15.9 Å². The van der Waals surface area contributed by atoms with Crippen molar-refractivity contribution in [1.29, 1.82) is 0 Å². The van der Waals surface area contributed by atoms with Crippen molar-refractivity contribution in [2.75, 3.05) is 12.3 Å². The topological polar surface area (TPSA) is 52.3 Å². The summed E-state index contributed by atoms with van der Waals surface area (Å²) in [4.78, 5) is 11.8. The largest absolute Gasteiger partial charge is 0.462 e. The lowest BCUT2D eigenvalue weighted by molar-refractivity contribution is 0.0463. The predicted molar refractivity (Wildman–Crippen MR) is 70.8 cm³/mol. The monoisotopic (exact) mass is 315 g/mol. The van der Waals surface area contributed by atoms with Crippen LogP contribution in [0.5, 0.6) is 0 Å². The molecule has 0 aromatic heterocycles. The molecule has 1 aromatic carbocycles. The van der Waals surface area contributed by atoms with Crippen LogP contribution < -0.4 is 5.73 Å². The third-order valence-corrected chi connectivity index (χ3v) is 3.95. The van der Waals surface area contributed by atoms with Crippen LogP contribution in [-0.2, 0) is 4.74 Å². The zero-order valence-corrected chi connectivity index (χ0v) is 11.5. The molecule has 0 unspecified atom stereocenters. The summed E-state index contributed by atoms with van der Waals surface area (Å²) in [7, 11) is 0. The van der Waals surface area contributed by atoms with Gasteiger partial charge in [0.15, 0.2) is 0 Å². The lowest BCUT2D eigenvalue weighted by atomic mass is 9.83. The van der Waals surface area contributed by atoms with Crippen LogP contribution in [0.4, 0.5) is 10.1 Å². The van der Waals surface area contributed by atoms with Gasteiger partial charge in [-0.1, -0.05) is 19.3 Å². The molecule has 18 heavy (non-hydrogen) atoms. The van der Waals surface area contributed by atoms with E-state index >= 15 is 0 Å². The van der Waals surface area contributed by atoms with Gasteiger partial charge in [-0.3, -0.25) is 0 Å². The van der Waals surface area contributed by atoms with Gasteiger partial charge in [-0.15, -0.1) is 0 Å². The maximum Gasteiger partial charge on any atom is 0.339 e. The minimum absolute atomic E-state index is 0.0517. The van der Waals surface area contributed by atoms with E-state index in [-0.39, 0.29) is 11.3 Å². The van der Waals surface area contributed by atoms with Gasteiger partial charge in [0.2, 0.25) is 0 Å². The summed E-state index contributed by atoms with van der Waals surface area (Å²) in [6.45, 7) is 0.410. The Labute approximate surface area is 114 Å². The Morgan fingerprint density at radius 3 is 2.83 bits per heavy atom. The third kappa shape index (κ3) is 3.02. The zero-order chi connectivity index (χ0) is 13.1. The molecule has 2 rings (SSSR count). The summed E-state index contributed by atoms with van der Waals surface area (Å²) < 4.78 is 18.7. The summed E-state index contributed by atoms with van der Waals surface area (Å²) in [5.74, 6) is -0.319. The lowest BCUT2D eigenvalue weighted by Gasteiger charge is -2.24. The number of anilines is 1. The molecule has 0 bridgehead atoms. The highest BCUT2D eigenvalue weighted by molar-refractivity contribution is 9.10. The van der Waals surface area contributed by atoms with Crippen molar-refractivity contribution in [3.8, 4) is 0 Å². The van der Waals surface area contributed by atoms with E-state index in [9.17, 15) is 9.18 Å². The number of ether oxygens (including phenoxy) is 1. The van der Waals surface area contributed by atoms with Crippen molar-refractivity contribution >= 4 is 27.6 Å². The number of rotatable bonds is 4. The van der Waals surface area contributed by atoms with Crippen molar-refractivity contribution in [1.82, 2.24) is 0 Å². The maximum atomic E-state index is 13.1. The molecule has 0 spiro atoms. The van der Waals surface area contributed by atoms with Gasteiger partial charge in [-0.2, -0.15) is 0 Å². The van der Waals surface area contributed by atoms with E-state index in [0.717, 1.165) is 6.42 Å². The third-order valence-electron chi connectivity index (χ3n) is 3.29. The molecule has 0 aliphatic heterocycles. The summed E-state index contributed by atoms with van der Waals surface area (Å²) in [5.41, 5.74) is 5.65. The molecule has 1 aliphatic rings. The van der Waals surface area contributed by atoms with Crippen molar-refractivity contribution < 1.29 is 13.9 Å². The maximum absolute atomic E-state index is 13.1. The van der Waals surface area contributed by atoms with E-state index in [1.165, 1.54) is 31.4 Å². The van der Waals surface area contributed by atoms with Crippen LogP contribution >= 0.6 is 15.9 Å². The highest BCUT2D eigenvalue weighted by Crippen LogP contribution is 2.29. The Bertz CT molecular complexity index is 461. The van der Waals surface area contributed by atoms with Crippen molar-refractivity contribution in [2.24, 2.45) is 5.92 Å². The number of carbonyl (C=O) groups excluding carboxylic acids is 1. The molecule has 1 aliphatic carbocycles. The van der Waals surface area contributed by atoms with Gasteiger partial charge in [-0.05, 0) is 40.4 Å². The number of hydrogen-bond donors (Lipinski definition) is 1. The van der Waals surface area contributed by atoms with Crippen molar-refractivity contribution in [3.05, 3.63) is 28.0 Å². The molecule has 3 nitrogen and oxygen atoms in total. The first kappa shape index (κ1) is 13.3. The second kappa shape index (κ2) is 5.69. The highest BCUT2D eigenvalue weighted by Gasteiger charge is 2.19. The molecular formula is C13H15BrFNO2. The number of nitrogen functional groups attached to an aromatic ring is 1. The van der Waals surface area contributed by atoms with E-state index in [4.69, 9.17) is 10.5 Å². The van der Waals surface area contributed by atoms with Crippen LogP contribution in [0.1, 0.15) is 36.0 Å². The normalized spacial score (nSPS) is 15.2. The number of nitrogens with two attached hydrogens (primary N) is 1. The molecule has 0 amide bonds. The number of esters is 1. The highest BCUT2D eigenvalue weighted by atomic mass is 79.9. The Morgan fingerprint density at radius 1 is 1.50 bits per heavy atom. The minimum Gasteiger partial charge on any atom is -0.462 e. The molecule has 1 fully saturated rings. The van der Waals surface area contributed by atoms with Crippen molar-refractivity contribution in [3.63, 3.8) is 0 Å². The van der Waals surface area contributed by atoms with Gasteiger partial charge in [0.05, 0.1) is 17.9 Å². The van der Waals surface area contributed by atoms with Crippen LogP contribution in [0.25, 0.3) is 0 Å². The lowest BCUT2D eigenvalue weighted by Crippen LogP contribution is -2.16. The zero-order valence-electron chi connectivity index (χ0n) is 9.92. The van der Waals surface area contributed by atoms with E-state index in [0.29, 0.717) is 17.0 Å².